The molecular formula is C14H20N2O4. The van der Waals surface area contributed by atoms with E-state index in [2.05, 4.69) is 5.32 Å². The number of hydrogen-bond acceptors (Lipinski definition) is 4. The van der Waals surface area contributed by atoms with Crippen molar-refractivity contribution in [3.8, 4) is 0 Å². The van der Waals surface area contributed by atoms with Gasteiger partial charge in [0.15, 0.2) is 0 Å². The molecule has 20 heavy (non-hydrogen) atoms. The lowest BCUT2D eigenvalue weighted by Crippen LogP contribution is -2.47. The normalized spacial score (nSPS) is 15.9. The number of nitrogens with zero attached hydrogens (tertiary/aromatic N) is 1. The van der Waals surface area contributed by atoms with E-state index in [4.69, 9.17) is 9.15 Å². The van der Waals surface area contributed by atoms with Gasteiger partial charge >= 0.3 is 6.09 Å². The van der Waals surface area contributed by atoms with Crippen molar-refractivity contribution in [2.75, 3.05) is 19.7 Å². The fourth-order valence-corrected chi connectivity index (χ4v) is 2.27. The van der Waals surface area contributed by atoms with Crippen molar-refractivity contribution in [1.29, 1.82) is 0 Å². The van der Waals surface area contributed by atoms with Crippen molar-refractivity contribution in [1.82, 2.24) is 10.2 Å². The monoisotopic (exact) mass is 280 g/mol. The molecule has 1 aliphatic heterocycles. The summed E-state index contributed by atoms with van der Waals surface area (Å²) >= 11 is 0. The van der Waals surface area contributed by atoms with Crippen LogP contribution in [0.4, 0.5) is 4.79 Å². The van der Waals surface area contributed by atoms with Gasteiger partial charge in [-0.3, -0.25) is 4.79 Å². The van der Waals surface area contributed by atoms with Gasteiger partial charge in [-0.2, -0.15) is 0 Å². The summed E-state index contributed by atoms with van der Waals surface area (Å²) in [6.45, 7) is 3.41. The van der Waals surface area contributed by atoms with Crippen LogP contribution in [-0.4, -0.2) is 42.6 Å². The molecule has 1 aromatic rings. The average Bonchev–Trinajstić information content (AvgIpc) is 2.92. The Morgan fingerprint density at radius 2 is 2.20 bits per heavy atom. The van der Waals surface area contributed by atoms with Gasteiger partial charge in [-0.15, -0.1) is 0 Å². The first-order valence-electron chi connectivity index (χ1n) is 6.92. The minimum atomic E-state index is -0.270. The molecule has 1 fully saturated rings. The van der Waals surface area contributed by atoms with Crippen LogP contribution in [0, 0.1) is 0 Å². The molecule has 0 bridgehead atoms. The van der Waals surface area contributed by atoms with Crippen LogP contribution in [0.2, 0.25) is 0 Å². The maximum atomic E-state index is 11.8. The minimum Gasteiger partial charge on any atom is -0.469 e. The number of hydrogen-bond donors (Lipinski definition) is 1. The largest absolute Gasteiger partial charge is 0.469 e. The van der Waals surface area contributed by atoms with Gasteiger partial charge in [0.1, 0.15) is 5.76 Å². The van der Waals surface area contributed by atoms with Crippen molar-refractivity contribution in [2.24, 2.45) is 0 Å². The third kappa shape index (κ3) is 4.01. The van der Waals surface area contributed by atoms with Gasteiger partial charge in [-0.25, -0.2) is 4.79 Å². The van der Waals surface area contributed by atoms with Crippen LogP contribution < -0.4 is 5.32 Å². The minimum absolute atomic E-state index is 0.0467. The summed E-state index contributed by atoms with van der Waals surface area (Å²) in [5.74, 6) is 0.612. The standard InChI is InChI=1S/C14H20N2O4/c1-2-19-14(18)16-7-5-11(6-8-16)15-13(17)10-12-4-3-9-20-12/h3-4,9,11H,2,5-8,10H2,1H3,(H,15,17). The van der Waals surface area contributed by atoms with E-state index in [0.29, 0.717) is 25.5 Å². The van der Waals surface area contributed by atoms with Crippen molar-refractivity contribution in [3.63, 3.8) is 0 Å². The molecule has 6 nitrogen and oxygen atoms in total. The molecular weight excluding hydrogens is 260 g/mol. The second-order valence-electron chi connectivity index (χ2n) is 4.78. The van der Waals surface area contributed by atoms with Crippen LogP contribution in [-0.2, 0) is 16.0 Å². The molecule has 0 aromatic carbocycles. The lowest BCUT2D eigenvalue weighted by Gasteiger charge is -2.31. The van der Waals surface area contributed by atoms with Crippen LogP contribution in [0.5, 0.6) is 0 Å². The maximum Gasteiger partial charge on any atom is 0.409 e. The molecule has 0 saturated carbocycles. The highest BCUT2D eigenvalue weighted by molar-refractivity contribution is 5.78. The first-order valence-corrected chi connectivity index (χ1v) is 6.92. The SMILES string of the molecule is CCOC(=O)N1CCC(NC(=O)Cc2ccco2)CC1. The van der Waals surface area contributed by atoms with Gasteiger partial charge < -0.3 is 19.4 Å². The first kappa shape index (κ1) is 14.4. The average molecular weight is 280 g/mol. The summed E-state index contributed by atoms with van der Waals surface area (Å²) < 4.78 is 10.1. The second-order valence-corrected chi connectivity index (χ2v) is 4.78. The van der Waals surface area contributed by atoms with E-state index in [-0.39, 0.29) is 24.5 Å². The highest BCUT2D eigenvalue weighted by Gasteiger charge is 2.24. The number of piperidine rings is 1. The molecule has 2 amide bonds. The van der Waals surface area contributed by atoms with E-state index < -0.39 is 0 Å². The number of carbonyl (C=O) groups is 2. The van der Waals surface area contributed by atoms with E-state index in [9.17, 15) is 9.59 Å². The fraction of sp³-hybridized carbons (Fsp3) is 0.571. The molecule has 2 rings (SSSR count). The zero-order valence-electron chi connectivity index (χ0n) is 11.6. The first-order chi connectivity index (χ1) is 9.69. The molecule has 1 aromatic heterocycles. The molecule has 0 spiro atoms. The van der Waals surface area contributed by atoms with E-state index in [1.807, 2.05) is 0 Å². The van der Waals surface area contributed by atoms with Crippen molar-refractivity contribution in [3.05, 3.63) is 24.2 Å². The summed E-state index contributed by atoms with van der Waals surface area (Å²) in [6, 6.07) is 3.66. The Labute approximate surface area is 118 Å². The highest BCUT2D eigenvalue weighted by atomic mass is 16.6. The Bertz CT molecular complexity index is 436. The number of furan rings is 1. The zero-order valence-corrected chi connectivity index (χ0v) is 11.6. The topological polar surface area (TPSA) is 71.8 Å². The number of rotatable bonds is 4. The molecule has 6 heteroatoms. The quantitative estimate of drug-likeness (QED) is 0.908. The van der Waals surface area contributed by atoms with E-state index in [1.165, 1.54) is 0 Å². The summed E-state index contributed by atoms with van der Waals surface area (Å²) in [4.78, 5) is 25.0. The molecule has 2 heterocycles. The van der Waals surface area contributed by atoms with E-state index in [1.54, 1.807) is 30.2 Å². The second kappa shape index (κ2) is 6.98. The summed E-state index contributed by atoms with van der Waals surface area (Å²) in [7, 11) is 0. The van der Waals surface area contributed by atoms with E-state index >= 15 is 0 Å². The molecule has 0 unspecified atom stereocenters. The van der Waals surface area contributed by atoms with Crippen LogP contribution >= 0.6 is 0 Å². The predicted molar refractivity (Wildman–Crippen MR) is 72.2 cm³/mol. The predicted octanol–water partition coefficient (Wildman–Crippen LogP) is 1.56. The Morgan fingerprint density at radius 1 is 1.45 bits per heavy atom. The van der Waals surface area contributed by atoms with Crippen LogP contribution in [0.25, 0.3) is 0 Å². The fourth-order valence-electron chi connectivity index (χ4n) is 2.27. The van der Waals surface area contributed by atoms with Gasteiger partial charge in [0.2, 0.25) is 5.91 Å². The van der Waals surface area contributed by atoms with Crippen LogP contribution in [0.1, 0.15) is 25.5 Å². The maximum absolute atomic E-state index is 11.8. The lowest BCUT2D eigenvalue weighted by atomic mass is 10.1. The summed E-state index contributed by atoms with van der Waals surface area (Å²) in [5, 5.41) is 2.97. The zero-order chi connectivity index (χ0) is 14.4. The third-order valence-electron chi connectivity index (χ3n) is 3.30. The number of carbonyl (C=O) groups excluding carboxylic acids is 2. The Balaban J connectivity index is 1.71. The van der Waals surface area contributed by atoms with E-state index in [0.717, 1.165) is 12.8 Å². The van der Waals surface area contributed by atoms with Gasteiger partial charge in [0.05, 0.1) is 19.3 Å². The van der Waals surface area contributed by atoms with Crippen molar-refractivity contribution in [2.45, 2.75) is 32.2 Å². The number of likely N-dealkylation sites (tertiary alicyclic amines) is 1. The third-order valence-corrected chi connectivity index (χ3v) is 3.30. The Hall–Kier alpha value is -1.98. The Kier molecular flexibility index (Phi) is 5.03. The molecule has 1 N–H and O–H groups in total. The number of nitrogens with one attached hydrogen (secondary N) is 1. The van der Waals surface area contributed by atoms with Gasteiger partial charge in [-0.1, -0.05) is 0 Å². The Morgan fingerprint density at radius 3 is 2.80 bits per heavy atom. The van der Waals surface area contributed by atoms with Gasteiger partial charge in [-0.05, 0) is 31.9 Å². The molecule has 0 aliphatic carbocycles. The van der Waals surface area contributed by atoms with Crippen LogP contribution in [0.15, 0.2) is 22.8 Å². The molecule has 110 valence electrons. The molecule has 1 aliphatic rings. The van der Waals surface area contributed by atoms with Crippen molar-refractivity contribution >= 4 is 12.0 Å². The number of amides is 2. The lowest BCUT2D eigenvalue weighted by molar-refractivity contribution is -0.121. The number of ether oxygens (including phenoxy) is 1. The summed E-state index contributed by atoms with van der Waals surface area (Å²) in [5.41, 5.74) is 0. The van der Waals surface area contributed by atoms with Crippen molar-refractivity contribution < 1.29 is 18.7 Å². The molecule has 0 radical (unpaired) electrons. The van der Waals surface area contributed by atoms with Gasteiger partial charge in [0.25, 0.3) is 0 Å². The smallest absolute Gasteiger partial charge is 0.409 e. The van der Waals surface area contributed by atoms with Gasteiger partial charge in [0, 0.05) is 19.1 Å². The molecule has 1 saturated heterocycles. The summed E-state index contributed by atoms with van der Waals surface area (Å²) in [6.07, 6.45) is 3.05. The highest BCUT2D eigenvalue weighted by Crippen LogP contribution is 2.12. The molecule has 0 atom stereocenters. The van der Waals surface area contributed by atoms with Crippen LogP contribution in [0.3, 0.4) is 0 Å².